The number of hydrogen-bond donors (Lipinski definition) is 0. The summed E-state index contributed by atoms with van der Waals surface area (Å²) in [6, 6.07) is 9.46. The number of nitrogens with zero attached hydrogens (tertiary/aromatic N) is 4. The normalized spacial score (nSPS) is 16.9. The van der Waals surface area contributed by atoms with Gasteiger partial charge in [0, 0.05) is 25.3 Å². The van der Waals surface area contributed by atoms with Gasteiger partial charge in [-0.05, 0) is 38.7 Å². The molecule has 1 aromatic heterocycles. The van der Waals surface area contributed by atoms with E-state index in [0.29, 0.717) is 18.0 Å². The number of carbonyl (C=O) groups excluding carboxylic acids is 1. The fourth-order valence-electron chi connectivity index (χ4n) is 3.29. The number of amides is 1. The highest BCUT2D eigenvalue weighted by Gasteiger charge is 2.28. The van der Waals surface area contributed by atoms with E-state index < -0.39 is 0 Å². The Labute approximate surface area is 154 Å². The van der Waals surface area contributed by atoms with Crippen molar-refractivity contribution >= 4 is 5.91 Å². The van der Waals surface area contributed by atoms with E-state index in [-0.39, 0.29) is 18.6 Å². The van der Waals surface area contributed by atoms with E-state index in [1.807, 2.05) is 47.9 Å². The molecule has 0 saturated heterocycles. The monoisotopic (exact) mass is 358 g/mol. The zero-order valence-corrected chi connectivity index (χ0v) is 15.6. The highest BCUT2D eigenvalue weighted by Crippen LogP contribution is 2.26. The third-order valence-electron chi connectivity index (χ3n) is 4.57. The summed E-state index contributed by atoms with van der Waals surface area (Å²) in [5.41, 5.74) is 1.05. The van der Waals surface area contributed by atoms with Crippen LogP contribution in [0.4, 0.5) is 0 Å². The molecule has 7 nitrogen and oxygen atoms in total. The summed E-state index contributed by atoms with van der Waals surface area (Å²) >= 11 is 0. The van der Waals surface area contributed by atoms with Crippen LogP contribution in [0.2, 0.25) is 0 Å². The number of aromatic nitrogens is 2. The van der Waals surface area contributed by atoms with Crippen LogP contribution in [0, 0.1) is 0 Å². The van der Waals surface area contributed by atoms with Gasteiger partial charge in [0.25, 0.3) is 5.91 Å². The molecule has 0 N–H and O–H groups in total. The number of rotatable bonds is 6. The Kier molecular flexibility index (Phi) is 5.78. The lowest BCUT2D eigenvalue weighted by Crippen LogP contribution is -2.46. The second-order valence-corrected chi connectivity index (χ2v) is 6.71. The first-order valence-electron chi connectivity index (χ1n) is 8.79. The third kappa shape index (κ3) is 4.16. The van der Waals surface area contributed by atoms with Crippen LogP contribution in [0.3, 0.4) is 0 Å². The Morgan fingerprint density at radius 3 is 2.77 bits per heavy atom. The summed E-state index contributed by atoms with van der Waals surface area (Å²) in [4.78, 5) is 17.0. The van der Waals surface area contributed by atoms with Gasteiger partial charge in [-0.25, -0.2) is 0 Å². The van der Waals surface area contributed by atoms with Crippen molar-refractivity contribution in [1.82, 2.24) is 19.6 Å². The Morgan fingerprint density at radius 2 is 2.04 bits per heavy atom. The average Bonchev–Trinajstić information content (AvgIpc) is 3.01. The molecule has 1 aromatic carbocycles. The minimum Gasteiger partial charge on any atom is -0.493 e. The number of benzene rings is 1. The lowest BCUT2D eigenvalue weighted by molar-refractivity contribution is -0.136. The fraction of sp³-hybridized carbons (Fsp3) is 0.474. The fourth-order valence-corrected chi connectivity index (χ4v) is 3.29. The van der Waals surface area contributed by atoms with Crippen LogP contribution in [-0.4, -0.2) is 65.9 Å². The Morgan fingerprint density at radius 1 is 1.27 bits per heavy atom. The predicted molar refractivity (Wildman–Crippen MR) is 98.2 cm³/mol. The molecule has 1 aliphatic rings. The van der Waals surface area contributed by atoms with E-state index in [1.54, 1.807) is 19.4 Å². The lowest BCUT2D eigenvalue weighted by Gasteiger charge is -2.31. The van der Waals surface area contributed by atoms with Gasteiger partial charge >= 0.3 is 0 Å². The molecule has 7 heteroatoms. The second kappa shape index (κ2) is 8.23. The van der Waals surface area contributed by atoms with Crippen LogP contribution >= 0.6 is 0 Å². The maximum atomic E-state index is 13.0. The maximum absolute atomic E-state index is 13.0. The van der Waals surface area contributed by atoms with Crippen molar-refractivity contribution in [3.63, 3.8) is 0 Å². The van der Waals surface area contributed by atoms with E-state index in [9.17, 15) is 4.79 Å². The molecule has 1 amide bonds. The molecule has 140 valence electrons. The van der Waals surface area contributed by atoms with Gasteiger partial charge in [0.1, 0.15) is 0 Å². The van der Waals surface area contributed by atoms with Gasteiger partial charge in [-0.3, -0.25) is 9.48 Å². The minimum atomic E-state index is -0.0302. The highest BCUT2D eigenvalue weighted by atomic mass is 16.5. The molecule has 1 aliphatic heterocycles. The van der Waals surface area contributed by atoms with Crippen LogP contribution in [0.25, 0.3) is 0 Å². The molecule has 0 saturated carbocycles. The number of hydrogen-bond acceptors (Lipinski definition) is 5. The molecule has 0 bridgehead atoms. The molecule has 26 heavy (non-hydrogen) atoms. The average molecular weight is 358 g/mol. The topological polar surface area (TPSA) is 59.8 Å². The minimum absolute atomic E-state index is 0.0154. The van der Waals surface area contributed by atoms with Gasteiger partial charge in [0.2, 0.25) is 0 Å². The smallest absolute Gasteiger partial charge is 0.261 e. The molecular weight excluding hydrogens is 332 g/mol. The summed E-state index contributed by atoms with van der Waals surface area (Å²) in [6.45, 7) is 2.16. The predicted octanol–water partition coefficient (Wildman–Crippen LogP) is 1.63. The second-order valence-electron chi connectivity index (χ2n) is 6.71. The van der Waals surface area contributed by atoms with Crippen molar-refractivity contribution in [2.24, 2.45) is 0 Å². The van der Waals surface area contributed by atoms with Gasteiger partial charge in [-0.15, -0.1) is 0 Å². The van der Waals surface area contributed by atoms with Gasteiger partial charge in [0.05, 0.1) is 19.3 Å². The Hall–Kier alpha value is -2.54. The maximum Gasteiger partial charge on any atom is 0.261 e. The van der Waals surface area contributed by atoms with Crippen LogP contribution < -0.4 is 9.47 Å². The van der Waals surface area contributed by atoms with E-state index in [0.717, 1.165) is 25.2 Å². The lowest BCUT2D eigenvalue weighted by atomic mass is 10.1. The number of likely N-dealkylation sites (N-methyl/N-ethyl adjacent to an activating group) is 1. The standard InChI is InChI=1S/C19H26N4O3/c1-21(2)12-15-9-11-23-16(8-10-20-23)13-22(15)19(24)14-26-18-7-5-4-6-17(18)25-3/h4-8,10,15H,9,11-14H2,1-3H3/t15-/m1/s1. The molecule has 3 rings (SSSR count). The van der Waals surface area contributed by atoms with Gasteiger partial charge < -0.3 is 19.3 Å². The van der Waals surface area contributed by atoms with Gasteiger partial charge in [-0.2, -0.15) is 5.10 Å². The number of aryl methyl sites for hydroxylation is 1. The molecule has 2 heterocycles. The Balaban J connectivity index is 1.73. The van der Waals surface area contributed by atoms with Crippen molar-refractivity contribution in [3.05, 3.63) is 42.2 Å². The van der Waals surface area contributed by atoms with Crippen molar-refractivity contribution in [1.29, 1.82) is 0 Å². The largest absolute Gasteiger partial charge is 0.493 e. The van der Waals surface area contributed by atoms with Crippen molar-refractivity contribution in [3.8, 4) is 11.5 Å². The number of methoxy groups -OCH3 is 1. The summed E-state index contributed by atoms with van der Waals surface area (Å²) < 4.78 is 13.0. The van der Waals surface area contributed by atoms with Crippen LogP contribution in [0.5, 0.6) is 11.5 Å². The molecule has 2 aromatic rings. The molecule has 0 spiro atoms. The van der Waals surface area contributed by atoms with E-state index >= 15 is 0 Å². The van der Waals surface area contributed by atoms with Crippen molar-refractivity contribution in [2.45, 2.75) is 25.6 Å². The first-order chi connectivity index (χ1) is 12.6. The molecule has 0 radical (unpaired) electrons. The highest BCUT2D eigenvalue weighted by molar-refractivity contribution is 5.78. The molecule has 0 aliphatic carbocycles. The summed E-state index contributed by atoms with van der Waals surface area (Å²) in [5.74, 6) is 1.17. The number of para-hydroxylation sites is 2. The molecule has 0 unspecified atom stereocenters. The Bertz CT molecular complexity index is 744. The van der Waals surface area contributed by atoms with Gasteiger partial charge in [0.15, 0.2) is 18.1 Å². The van der Waals surface area contributed by atoms with E-state index in [1.165, 1.54) is 0 Å². The number of carbonyl (C=O) groups is 1. The third-order valence-corrected chi connectivity index (χ3v) is 4.57. The SMILES string of the molecule is COc1ccccc1OCC(=O)N1Cc2ccnn2CC[C@@H]1CN(C)C. The first kappa shape index (κ1) is 18.3. The van der Waals surface area contributed by atoms with Crippen LogP contribution in [0.1, 0.15) is 12.1 Å². The van der Waals surface area contributed by atoms with E-state index in [4.69, 9.17) is 9.47 Å². The van der Waals surface area contributed by atoms with E-state index in [2.05, 4.69) is 10.00 Å². The zero-order valence-electron chi connectivity index (χ0n) is 15.6. The molecular formula is C19H26N4O3. The summed E-state index contributed by atoms with van der Waals surface area (Å²) in [5, 5.41) is 4.36. The quantitative estimate of drug-likeness (QED) is 0.786. The zero-order chi connectivity index (χ0) is 18.5. The van der Waals surface area contributed by atoms with Crippen LogP contribution in [-0.2, 0) is 17.9 Å². The van der Waals surface area contributed by atoms with Crippen LogP contribution in [0.15, 0.2) is 36.5 Å². The number of fused-ring (bicyclic) bond motifs is 1. The first-order valence-corrected chi connectivity index (χ1v) is 8.79. The number of ether oxygens (including phenoxy) is 2. The molecule has 1 atom stereocenters. The molecule has 0 fully saturated rings. The summed E-state index contributed by atoms with van der Waals surface area (Å²) in [6.07, 6.45) is 2.66. The van der Waals surface area contributed by atoms with Crippen molar-refractivity contribution in [2.75, 3.05) is 34.4 Å². The van der Waals surface area contributed by atoms with Gasteiger partial charge in [-0.1, -0.05) is 12.1 Å². The summed E-state index contributed by atoms with van der Waals surface area (Å²) in [7, 11) is 5.64. The van der Waals surface area contributed by atoms with Crippen molar-refractivity contribution < 1.29 is 14.3 Å².